The van der Waals surface area contributed by atoms with Crippen LogP contribution >= 0.6 is 0 Å². The summed E-state index contributed by atoms with van der Waals surface area (Å²) in [5.41, 5.74) is 2.13. The van der Waals surface area contributed by atoms with Crippen LogP contribution < -0.4 is 0 Å². The Kier molecular flexibility index (Phi) is 4.02. The van der Waals surface area contributed by atoms with Gasteiger partial charge in [-0.1, -0.05) is 18.2 Å². The number of nitro groups is 1. The number of aryl methyl sites for hydroxylation is 1. The smallest absolute Gasteiger partial charge is 0.341 e. The number of aromatic nitrogens is 2. The molecule has 2 rings (SSSR count). The third-order valence-corrected chi connectivity index (χ3v) is 3.28. The molecule has 2 aromatic rings. The highest BCUT2D eigenvalue weighted by molar-refractivity contribution is 5.91. The normalized spacial score (nSPS) is 10.4. The van der Waals surface area contributed by atoms with Gasteiger partial charge >= 0.3 is 5.97 Å². The number of rotatable bonds is 4. The molecule has 0 bridgehead atoms. The van der Waals surface area contributed by atoms with Gasteiger partial charge in [0.05, 0.1) is 35.5 Å². The monoisotopic (exact) mass is 289 g/mol. The Hall–Kier alpha value is -2.70. The summed E-state index contributed by atoms with van der Waals surface area (Å²) in [4.78, 5) is 22.3. The van der Waals surface area contributed by atoms with E-state index in [1.807, 2.05) is 0 Å². The van der Waals surface area contributed by atoms with Crippen molar-refractivity contribution in [3.8, 4) is 0 Å². The molecule has 1 aromatic carbocycles. The van der Waals surface area contributed by atoms with E-state index < -0.39 is 10.9 Å². The van der Waals surface area contributed by atoms with Gasteiger partial charge in [0, 0.05) is 6.07 Å². The lowest BCUT2D eigenvalue weighted by Gasteiger charge is -2.06. The third-order valence-electron chi connectivity index (χ3n) is 3.28. The number of hydrogen-bond acceptors (Lipinski definition) is 5. The van der Waals surface area contributed by atoms with Crippen LogP contribution in [0.1, 0.15) is 27.3 Å². The van der Waals surface area contributed by atoms with Crippen LogP contribution in [0, 0.1) is 24.0 Å². The summed E-state index contributed by atoms with van der Waals surface area (Å²) in [6.45, 7) is 3.66. The number of nitrogens with zero attached hydrogens (tertiary/aromatic N) is 3. The van der Waals surface area contributed by atoms with Gasteiger partial charge in [-0.15, -0.1) is 0 Å². The first-order valence-electron chi connectivity index (χ1n) is 6.30. The minimum absolute atomic E-state index is 0.0321. The summed E-state index contributed by atoms with van der Waals surface area (Å²) in [6, 6.07) is 6.46. The Labute approximate surface area is 121 Å². The zero-order valence-electron chi connectivity index (χ0n) is 12.0. The van der Waals surface area contributed by atoms with Gasteiger partial charge in [-0.3, -0.25) is 14.8 Å². The third kappa shape index (κ3) is 2.76. The molecule has 1 heterocycles. The van der Waals surface area contributed by atoms with E-state index in [0.717, 1.165) is 0 Å². The van der Waals surface area contributed by atoms with Crippen LogP contribution in [0.15, 0.2) is 24.3 Å². The predicted octanol–water partition coefficient (Wildman–Crippen LogP) is 2.24. The molecule has 110 valence electrons. The highest BCUT2D eigenvalue weighted by atomic mass is 16.6. The molecule has 0 amide bonds. The topological polar surface area (TPSA) is 87.3 Å². The Bertz CT molecular complexity index is 706. The van der Waals surface area contributed by atoms with E-state index in [0.29, 0.717) is 22.5 Å². The lowest BCUT2D eigenvalue weighted by atomic mass is 10.1. The number of esters is 1. The second kappa shape index (κ2) is 5.74. The van der Waals surface area contributed by atoms with Crippen molar-refractivity contribution in [2.24, 2.45) is 0 Å². The predicted molar refractivity (Wildman–Crippen MR) is 75.2 cm³/mol. The molecule has 0 N–H and O–H groups in total. The lowest BCUT2D eigenvalue weighted by molar-refractivity contribution is -0.385. The molecule has 0 radical (unpaired) electrons. The first kappa shape index (κ1) is 14.7. The number of methoxy groups -OCH3 is 1. The Balaban J connectivity index is 2.42. The molecule has 0 unspecified atom stereocenters. The maximum absolute atomic E-state index is 11.7. The highest BCUT2D eigenvalue weighted by Crippen LogP contribution is 2.21. The van der Waals surface area contributed by atoms with Gasteiger partial charge in [-0.25, -0.2) is 4.79 Å². The van der Waals surface area contributed by atoms with E-state index in [2.05, 4.69) is 5.10 Å². The SMILES string of the molecule is COC(=O)c1c(C)nn(Cc2ccccc2[N+](=O)[O-])c1C. The molecule has 0 aliphatic rings. The zero-order chi connectivity index (χ0) is 15.6. The minimum atomic E-state index is -0.459. The summed E-state index contributed by atoms with van der Waals surface area (Å²) in [5, 5.41) is 15.3. The minimum Gasteiger partial charge on any atom is -0.465 e. The molecular weight excluding hydrogens is 274 g/mol. The van der Waals surface area contributed by atoms with Gasteiger partial charge in [0.2, 0.25) is 0 Å². The van der Waals surface area contributed by atoms with E-state index in [1.54, 1.807) is 36.7 Å². The number of hydrogen-bond donors (Lipinski definition) is 0. The molecule has 7 heteroatoms. The van der Waals surface area contributed by atoms with Gasteiger partial charge < -0.3 is 4.74 Å². The molecular formula is C14H15N3O4. The second-order valence-electron chi connectivity index (χ2n) is 4.58. The molecule has 0 fully saturated rings. The van der Waals surface area contributed by atoms with Crippen LogP contribution in [-0.2, 0) is 11.3 Å². The molecule has 7 nitrogen and oxygen atoms in total. The fourth-order valence-corrected chi connectivity index (χ4v) is 2.23. The molecule has 0 spiro atoms. The van der Waals surface area contributed by atoms with E-state index in [-0.39, 0.29) is 12.2 Å². The zero-order valence-corrected chi connectivity index (χ0v) is 12.0. The van der Waals surface area contributed by atoms with Crippen LogP contribution in [0.4, 0.5) is 5.69 Å². The summed E-state index contributed by atoms with van der Waals surface area (Å²) >= 11 is 0. The maximum atomic E-state index is 11.7. The van der Waals surface area contributed by atoms with Crippen molar-refractivity contribution in [2.75, 3.05) is 7.11 Å². The number of para-hydroxylation sites is 1. The Morgan fingerprint density at radius 2 is 2.05 bits per heavy atom. The molecule has 0 saturated heterocycles. The lowest BCUT2D eigenvalue weighted by Crippen LogP contribution is -2.08. The second-order valence-corrected chi connectivity index (χ2v) is 4.58. The van der Waals surface area contributed by atoms with E-state index in [9.17, 15) is 14.9 Å². The van der Waals surface area contributed by atoms with Gasteiger partial charge in [-0.2, -0.15) is 5.10 Å². The number of benzene rings is 1. The van der Waals surface area contributed by atoms with E-state index >= 15 is 0 Å². The van der Waals surface area contributed by atoms with Crippen LogP contribution in [-0.4, -0.2) is 27.8 Å². The number of carbonyl (C=O) groups is 1. The van der Waals surface area contributed by atoms with Crippen molar-refractivity contribution in [1.82, 2.24) is 9.78 Å². The molecule has 21 heavy (non-hydrogen) atoms. The number of nitro benzene ring substituents is 1. The largest absolute Gasteiger partial charge is 0.465 e. The quantitative estimate of drug-likeness (QED) is 0.489. The van der Waals surface area contributed by atoms with Gasteiger partial charge in [0.1, 0.15) is 5.56 Å². The van der Waals surface area contributed by atoms with Crippen molar-refractivity contribution in [3.05, 3.63) is 56.9 Å². The van der Waals surface area contributed by atoms with E-state index in [1.165, 1.54) is 13.2 Å². The molecule has 0 aliphatic heterocycles. The Morgan fingerprint density at radius 3 is 2.67 bits per heavy atom. The number of carbonyl (C=O) groups excluding carboxylic acids is 1. The summed E-state index contributed by atoms with van der Waals surface area (Å²) in [6.07, 6.45) is 0. The van der Waals surface area contributed by atoms with Gasteiger partial charge in [-0.05, 0) is 13.8 Å². The first-order chi connectivity index (χ1) is 9.95. The highest BCUT2D eigenvalue weighted by Gasteiger charge is 2.21. The van der Waals surface area contributed by atoms with Crippen molar-refractivity contribution < 1.29 is 14.5 Å². The first-order valence-corrected chi connectivity index (χ1v) is 6.30. The van der Waals surface area contributed by atoms with Gasteiger partial charge in [0.25, 0.3) is 5.69 Å². The maximum Gasteiger partial charge on any atom is 0.341 e. The van der Waals surface area contributed by atoms with Crippen LogP contribution in [0.25, 0.3) is 0 Å². The molecule has 0 aliphatic carbocycles. The molecule has 0 atom stereocenters. The fraction of sp³-hybridized carbons (Fsp3) is 0.286. The standard InChI is InChI=1S/C14H15N3O4/c1-9-13(14(18)21-3)10(2)16(15-9)8-11-6-4-5-7-12(11)17(19)20/h4-7H,8H2,1-3H3. The van der Waals surface area contributed by atoms with Crippen molar-refractivity contribution in [1.29, 1.82) is 0 Å². The average Bonchev–Trinajstić information content (AvgIpc) is 2.73. The van der Waals surface area contributed by atoms with Crippen LogP contribution in [0.3, 0.4) is 0 Å². The summed E-state index contributed by atoms with van der Waals surface area (Å²) < 4.78 is 6.30. The summed E-state index contributed by atoms with van der Waals surface area (Å²) in [5.74, 6) is -0.459. The fourth-order valence-electron chi connectivity index (χ4n) is 2.23. The Morgan fingerprint density at radius 1 is 1.38 bits per heavy atom. The average molecular weight is 289 g/mol. The number of ether oxygens (including phenoxy) is 1. The molecule has 1 aromatic heterocycles. The molecule has 0 saturated carbocycles. The summed E-state index contributed by atoms with van der Waals surface area (Å²) in [7, 11) is 1.31. The van der Waals surface area contributed by atoms with Crippen molar-refractivity contribution >= 4 is 11.7 Å². The van der Waals surface area contributed by atoms with Crippen LogP contribution in [0.2, 0.25) is 0 Å². The van der Waals surface area contributed by atoms with Crippen LogP contribution in [0.5, 0.6) is 0 Å². The van der Waals surface area contributed by atoms with Crippen molar-refractivity contribution in [2.45, 2.75) is 20.4 Å². The van der Waals surface area contributed by atoms with Gasteiger partial charge in [0.15, 0.2) is 0 Å². The van der Waals surface area contributed by atoms with Crippen molar-refractivity contribution in [3.63, 3.8) is 0 Å². The van der Waals surface area contributed by atoms with E-state index in [4.69, 9.17) is 4.74 Å².